The fourth-order valence-corrected chi connectivity index (χ4v) is 4.49. The number of benzene rings is 2. The molecule has 0 saturated heterocycles. The lowest BCUT2D eigenvalue weighted by Crippen LogP contribution is -2.24. The number of aliphatic imine (C=N–C) groups is 1. The second-order valence-corrected chi connectivity index (χ2v) is 9.39. The highest BCUT2D eigenvalue weighted by Gasteiger charge is 2.19. The number of nitrogens with two attached hydrogens (primary N) is 2. The van der Waals surface area contributed by atoms with E-state index in [1.165, 1.54) is 18.3 Å². The van der Waals surface area contributed by atoms with Crippen LogP contribution in [0.4, 0.5) is 5.82 Å². The Bertz CT molecular complexity index is 1840. The van der Waals surface area contributed by atoms with E-state index < -0.39 is 0 Å². The number of hydrogen-bond donors (Lipinski definition) is 4. The normalized spacial score (nSPS) is 10.9. The zero-order chi connectivity index (χ0) is 33.6. The summed E-state index contributed by atoms with van der Waals surface area (Å²) in [5, 5.41) is 12.8. The smallest absolute Gasteiger partial charge is 0.224 e. The molecule has 0 saturated carbocycles. The van der Waals surface area contributed by atoms with Crippen molar-refractivity contribution >= 4 is 41.0 Å². The lowest BCUT2D eigenvalue weighted by molar-refractivity contribution is -0.120. The molecule has 0 aliphatic rings. The van der Waals surface area contributed by atoms with Crippen molar-refractivity contribution in [3.63, 3.8) is 0 Å². The molecule has 0 fully saturated rings. The number of rotatable bonds is 9. The largest absolute Gasteiger partial charge is 0.507 e. The van der Waals surface area contributed by atoms with Gasteiger partial charge in [-0.3, -0.25) is 19.1 Å². The van der Waals surface area contributed by atoms with Gasteiger partial charge < -0.3 is 21.9 Å². The molecule has 11 nitrogen and oxygen atoms in total. The molecule has 11 heteroatoms. The number of pyridine rings is 2. The molecule has 2 aromatic carbocycles. The summed E-state index contributed by atoms with van der Waals surface area (Å²) >= 11 is 0. The first-order valence-corrected chi connectivity index (χ1v) is 15.0. The molecule has 238 valence electrons. The number of allylic oxidation sites excluding steroid dienone is 1. The zero-order valence-electron chi connectivity index (χ0n) is 26.7. The van der Waals surface area contributed by atoms with Crippen LogP contribution in [-0.2, 0) is 17.8 Å². The molecule has 0 atom stereocenters. The van der Waals surface area contributed by atoms with Gasteiger partial charge >= 0.3 is 0 Å². The first-order valence-electron chi connectivity index (χ1n) is 15.0. The van der Waals surface area contributed by atoms with Crippen LogP contribution in [0.25, 0.3) is 33.8 Å². The van der Waals surface area contributed by atoms with E-state index >= 15 is 0 Å². The van der Waals surface area contributed by atoms with Crippen LogP contribution in [0.3, 0.4) is 0 Å². The lowest BCUT2D eigenvalue weighted by Gasteiger charge is -2.12. The molecular formula is C35H40N8O3. The summed E-state index contributed by atoms with van der Waals surface area (Å²) in [5.74, 6) is 0.542. The molecule has 0 unspecified atom stereocenters. The third-order valence-corrected chi connectivity index (χ3v) is 6.60. The number of nitrogens with zero attached hydrogens (tertiary/aromatic N) is 5. The molecule has 0 radical (unpaired) electrons. The van der Waals surface area contributed by atoms with Gasteiger partial charge in [0.1, 0.15) is 17.1 Å². The maximum absolute atomic E-state index is 12.5. The van der Waals surface area contributed by atoms with E-state index in [2.05, 4.69) is 15.3 Å². The summed E-state index contributed by atoms with van der Waals surface area (Å²) in [6.07, 6.45) is 5.35. The van der Waals surface area contributed by atoms with Gasteiger partial charge in [0.05, 0.1) is 23.2 Å². The first kappa shape index (κ1) is 34.6. The van der Waals surface area contributed by atoms with E-state index in [1.54, 1.807) is 31.6 Å². The number of hydrogen-bond acceptors (Lipinski definition) is 9. The third kappa shape index (κ3) is 8.00. The van der Waals surface area contributed by atoms with Gasteiger partial charge in [-0.15, -0.1) is 0 Å². The summed E-state index contributed by atoms with van der Waals surface area (Å²) in [7, 11) is 1.66. The third-order valence-electron chi connectivity index (χ3n) is 6.60. The van der Waals surface area contributed by atoms with Crippen molar-refractivity contribution in [2.75, 3.05) is 12.8 Å². The highest BCUT2D eigenvalue weighted by molar-refractivity contribution is 6.09. The highest BCUT2D eigenvalue weighted by atomic mass is 16.3. The number of aromatic hydroxyl groups is 1. The maximum Gasteiger partial charge on any atom is 0.224 e. The molecule has 0 aliphatic carbocycles. The van der Waals surface area contributed by atoms with E-state index in [9.17, 15) is 14.7 Å². The van der Waals surface area contributed by atoms with Crippen LogP contribution in [0, 0.1) is 0 Å². The van der Waals surface area contributed by atoms with Crippen LogP contribution >= 0.6 is 0 Å². The number of nitrogen functional groups attached to an aromatic ring is 1. The summed E-state index contributed by atoms with van der Waals surface area (Å²) in [5.41, 5.74) is 17.7. The van der Waals surface area contributed by atoms with Crippen LogP contribution in [0.1, 0.15) is 54.9 Å². The van der Waals surface area contributed by atoms with Crippen molar-refractivity contribution in [1.82, 2.24) is 24.8 Å². The predicted octanol–water partition coefficient (Wildman–Crippen LogP) is 5.49. The van der Waals surface area contributed by atoms with Gasteiger partial charge in [0.2, 0.25) is 5.91 Å². The van der Waals surface area contributed by atoms with Crippen molar-refractivity contribution in [1.29, 1.82) is 0 Å². The molecule has 1 amide bonds. The molecule has 3 heterocycles. The minimum absolute atomic E-state index is 0.0671. The number of amides is 1. The maximum atomic E-state index is 12.5. The van der Waals surface area contributed by atoms with Crippen molar-refractivity contribution in [2.45, 2.75) is 40.7 Å². The quantitative estimate of drug-likeness (QED) is 0.123. The number of carbonyl (C=O) groups excluding carboxylic acids is 2. The molecule has 0 bridgehead atoms. The summed E-state index contributed by atoms with van der Waals surface area (Å²) in [4.78, 5) is 41.4. The van der Waals surface area contributed by atoms with E-state index in [4.69, 9.17) is 21.4 Å². The Kier molecular flexibility index (Phi) is 12.7. The second kappa shape index (κ2) is 16.9. The Hall–Kier alpha value is -5.84. The SMILES string of the molecule is CC.CC.CN=C/C(=C\N)c1ccc2nc(-c3cccnc3N)n(-c3ccc(CNC(=O)Cc4ccc(C=O)c(O)c4)cc3)c2n1. The van der Waals surface area contributed by atoms with Crippen LogP contribution in [0.5, 0.6) is 5.75 Å². The van der Waals surface area contributed by atoms with Crippen molar-refractivity contribution in [3.8, 4) is 22.8 Å². The van der Waals surface area contributed by atoms with Crippen molar-refractivity contribution < 1.29 is 14.7 Å². The van der Waals surface area contributed by atoms with E-state index in [-0.39, 0.29) is 23.6 Å². The van der Waals surface area contributed by atoms with Gasteiger partial charge in [0, 0.05) is 43.5 Å². The van der Waals surface area contributed by atoms with E-state index in [1.807, 2.05) is 74.7 Å². The van der Waals surface area contributed by atoms with Crippen LogP contribution < -0.4 is 16.8 Å². The van der Waals surface area contributed by atoms with E-state index in [0.717, 1.165) is 11.3 Å². The van der Waals surface area contributed by atoms with Gasteiger partial charge in [-0.1, -0.05) is 45.9 Å². The molecule has 5 rings (SSSR count). The molecular weight excluding hydrogens is 580 g/mol. The Morgan fingerprint density at radius 3 is 2.35 bits per heavy atom. The van der Waals surface area contributed by atoms with Crippen molar-refractivity contribution in [2.24, 2.45) is 10.7 Å². The predicted molar refractivity (Wildman–Crippen MR) is 185 cm³/mol. The average Bonchev–Trinajstić information content (AvgIpc) is 3.47. The van der Waals surface area contributed by atoms with Crippen LogP contribution in [0.15, 0.2) is 84.1 Å². The monoisotopic (exact) mass is 620 g/mol. The number of fused-ring (bicyclic) bond motifs is 1. The number of carbonyl (C=O) groups is 2. The van der Waals surface area contributed by atoms with Gasteiger partial charge in [0.15, 0.2) is 17.8 Å². The second-order valence-electron chi connectivity index (χ2n) is 9.39. The van der Waals surface area contributed by atoms with Gasteiger partial charge in [-0.25, -0.2) is 15.0 Å². The highest BCUT2D eigenvalue weighted by Crippen LogP contribution is 2.31. The number of phenolic OH excluding ortho intramolecular Hbond substituents is 1. The number of phenols is 1. The molecule has 3 aromatic heterocycles. The lowest BCUT2D eigenvalue weighted by atomic mass is 10.1. The first-order chi connectivity index (χ1) is 22.4. The average molecular weight is 621 g/mol. The fraction of sp³-hybridized carbons (Fsp3) is 0.200. The number of nitrogens with one attached hydrogen (secondary N) is 1. The number of aromatic nitrogens is 4. The van der Waals surface area contributed by atoms with Crippen LogP contribution in [-0.4, -0.2) is 50.1 Å². The fourth-order valence-electron chi connectivity index (χ4n) is 4.49. The molecule has 6 N–H and O–H groups in total. The van der Waals surface area contributed by atoms with Crippen LogP contribution in [0.2, 0.25) is 0 Å². The Balaban J connectivity index is 0.00000139. The minimum atomic E-state index is -0.219. The number of aldehydes is 1. The standard InChI is InChI=1S/C31H28N8O3.2C2H6/c1-34-17-22(15-32)25-10-11-26-31(37-25)39(30(38-26)24-3-2-12-35-29(24)33)23-8-5-19(6-9-23)16-36-28(42)14-20-4-7-21(18-40)27(41)13-20;2*1-2/h2-13,15,17-18,41H,14,16,32H2,1H3,(H2,33,35)(H,36,42);2*1-2H3/b22-15+,34-17?;;. The Labute approximate surface area is 268 Å². The van der Waals surface area contributed by atoms with E-state index in [0.29, 0.717) is 58.0 Å². The summed E-state index contributed by atoms with van der Waals surface area (Å²) in [6, 6.07) is 19.5. The van der Waals surface area contributed by atoms with Gasteiger partial charge in [-0.05, 0) is 59.7 Å². The van der Waals surface area contributed by atoms with Crippen molar-refractivity contribution in [3.05, 3.63) is 102 Å². The zero-order valence-corrected chi connectivity index (χ0v) is 26.7. The summed E-state index contributed by atoms with van der Waals surface area (Å²) < 4.78 is 1.90. The van der Waals surface area contributed by atoms with Gasteiger partial charge in [0.25, 0.3) is 0 Å². The topological polar surface area (TPSA) is 174 Å². The van der Waals surface area contributed by atoms with Gasteiger partial charge in [-0.2, -0.15) is 0 Å². The summed E-state index contributed by atoms with van der Waals surface area (Å²) in [6.45, 7) is 8.30. The minimum Gasteiger partial charge on any atom is -0.507 e. The molecule has 5 aromatic rings. The number of imidazole rings is 1. The number of anilines is 1. The Morgan fingerprint density at radius 2 is 1.72 bits per heavy atom. The molecule has 0 aliphatic heterocycles. The molecule has 46 heavy (non-hydrogen) atoms. The Morgan fingerprint density at radius 1 is 1.00 bits per heavy atom. The molecule has 0 spiro atoms.